The van der Waals surface area contributed by atoms with Crippen LogP contribution in [0.5, 0.6) is 0 Å². The second-order valence-electron chi connectivity index (χ2n) is 8.52. The number of benzene rings is 1. The molecular formula is C24H27FN4O. The summed E-state index contributed by atoms with van der Waals surface area (Å²) in [4.78, 5) is 15.1. The molecule has 0 spiro atoms. The summed E-state index contributed by atoms with van der Waals surface area (Å²) in [6, 6.07) is 13.7. The Morgan fingerprint density at radius 1 is 1.03 bits per heavy atom. The van der Waals surface area contributed by atoms with Crippen molar-refractivity contribution in [2.75, 3.05) is 6.54 Å². The fourth-order valence-electron chi connectivity index (χ4n) is 5.21. The molecule has 2 aliphatic rings. The molecule has 0 N–H and O–H groups in total. The van der Waals surface area contributed by atoms with Crippen molar-refractivity contribution in [2.45, 2.75) is 50.7 Å². The standard InChI is InChI=1S/C24H27FN4O/c25-22-7-2-1-6-19(22)10-9-18-16-20-11-12-21(17-18)27(20)14-5-15-29-24(30)28-13-4-3-8-23(28)26-29/h1-4,6-10,13,18,20-21H,5,11-12,14-17H2/b10-9+. The Morgan fingerprint density at radius 3 is 2.57 bits per heavy atom. The normalized spacial score (nSPS) is 24.2. The quantitative estimate of drug-likeness (QED) is 0.622. The summed E-state index contributed by atoms with van der Waals surface area (Å²) in [5, 5.41) is 4.43. The molecule has 156 valence electrons. The molecule has 0 amide bonds. The monoisotopic (exact) mass is 406 g/mol. The molecule has 4 heterocycles. The minimum Gasteiger partial charge on any atom is -0.297 e. The maximum Gasteiger partial charge on any atom is 0.350 e. The molecule has 2 saturated heterocycles. The topological polar surface area (TPSA) is 42.5 Å². The number of hydrogen-bond acceptors (Lipinski definition) is 3. The van der Waals surface area contributed by atoms with E-state index >= 15 is 0 Å². The fraction of sp³-hybridized carbons (Fsp3) is 0.417. The summed E-state index contributed by atoms with van der Waals surface area (Å²) in [5.74, 6) is 0.357. The third-order valence-corrected chi connectivity index (χ3v) is 6.65. The van der Waals surface area contributed by atoms with Crippen LogP contribution in [0.25, 0.3) is 11.7 Å². The highest BCUT2D eigenvalue weighted by atomic mass is 19.1. The van der Waals surface area contributed by atoms with Crippen LogP contribution < -0.4 is 5.69 Å². The van der Waals surface area contributed by atoms with Crippen LogP contribution in [0, 0.1) is 11.7 Å². The molecule has 5 nitrogen and oxygen atoms in total. The lowest BCUT2D eigenvalue weighted by atomic mass is 9.89. The van der Waals surface area contributed by atoms with E-state index in [9.17, 15) is 9.18 Å². The van der Waals surface area contributed by atoms with Gasteiger partial charge in [0.15, 0.2) is 5.65 Å². The number of allylic oxidation sites excluding steroid dienone is 1. The molecule has 2 atom stereocenters. The van der Waals surface area contributed by atoms with Gasteiger partial charge in [-0.05, 0) is 56.2 Å². The number of halogens is 1. The van der Waals surface area contributed by atoms with E-state index < -0.39 is 0 Å². The number of fused-ring (bicyclic) bond motifs is 3. The molecule has 0 radical (unpaired) electrons. The Labute approximate surface area is 175 Å². The van der Waals surface area contributed by atoms with Gasteiger partial charge in [0, 0.05) is 36.9 Å². The van der Waals surface area contributed by atoms with Gasteiger partial charge < -0.3 is 0 Å². The second kappa shape index (κ2) is 8.19. The van der Waals surface area contributed by atoms with Crippen molar-refractivity contribution >= 4 is 11.7 Å². The van der Waals surface area contributed by atoms with Crippen LogP contribution in [-0.2, 0) is 6.54 Å². The zero-order valence-corrected chi connectivity index (χ0v) is 17.0. The van der Waals surface area contributed by atoms with Crippen molar-refractivity contribution in [3.05, 3.63) is 76.6 Å². The van der Waals surface area contributed by atoms with Gasteiger partial charge in [0.2, 0.25) is 0 Å². The van der Waals surface area contributed by atoms with Gasteiger partial charge in [-0.3, -0.25) is 9.30 Å². The van der Waals surface area contributed by atoms with Crippen LogP contribution in [0.15, 0.2) is 59.5 Å². The van der Waals surface area contributed by atoms with Gasteiger partial charge in [-0.15, -0.1) is 5.10 Å². The third-order valence-electron chi connectivity index (χ3n) is 6.65. The summed E-state index contributed by atoms with van der Waals surface area (Å²) >= 11 is 0. The van der Waals surface area contributed by atoms with Crippen molar-refractivity contribution < 1.29 is 4.39 Å². The Morgan fingerprint density at radius 2 is 1.80 bits per heavy atom. The summed E-state index contributed by atoms with van der Waals surface area (Å²) in [5.41, 5.74) is 1.31. The zero-order chi connectivity index (χ0) is 20.5. The predicted octanol–water partition coefficient (Wildman–Crippen LogP) is 3.98. The number of piperidine rings is 1. The number of hydrogen-bond donors (Lipinski definition) is 0. The van der Waals surface area contributed by atoms with E-state index in [2.05, 4.69) is 16.1 Å². The smallest absolute Gasteiger partial charge is 0.297 e. The molecule has 2 aliphatic heterocycles. The maximum absolute atomic E-state index is 13.9. The van der Waals surface area contributed by atoms with Crippen LogP contribution in [0.2, 0.25) is 0 Å². The van der Waals surface area contributed by atoms with E-state index in [1.807, 2.05) is 36.4 Å². The molecule has 2 bridgehead atoms. The van der Waals surface area contributed by atoms with Gasteiger partial charge in [-0.25, -0.2) is 13.9 Å². The zero-order valence-electron chi connectivity index (χ0n) is 17.0. The van der Waals surface area contributed by atoms with Crippen LogP contribution in [0.1, 0.15) is 37.7 Å². The highest BCUT2D eigenvalue weighted by molar-refractivity contribution is 5.50. The number of aromatic nitrogens is 3. The second-order valence-corrected chi connectivity index (χ2v) is 8.52. The lowest BCUT2D eigenvalue weighted by Crippen LogP contribution is -2.43. The number of rotatable bonds is 6. The lowest BCUT2D eigenvalue weighted by molar-refractivity contribution is 0.115. The van der Waals surface area contributed by atoms with E-state index in [0.717, 1.165) is 25.8 Å². The number of nitrogens with zero attached hydrogens (tertiary/aromatic N) is 4. The highest BCUT2D eigenvalue weighted by Crippen LogP contribution is 2.39. The SMILES string of the molecule is O=c1n(CCCN2C3CCC2CC(/C=C/c2ccccc2F)C3)nc2ccccn12. The van der Waals surface area contributed by atoms with Gasteiger partial charge in [-0.1, -0.05) is 36.4 Å². The maximum atomic E-state index is 13.9. The summed E-state index contributed by atoms with van der Waals surface area (Å²) in [6.07, 6.45) is 11.6. The summed E-state index contributed by atoms with van der Waals surface area (Å²) < 4.78 is 17.0. The van der Waals surface area contributed by atoms with E-state index in [0.29, 0.717) is 35.8 Å². The first-order chi connectivity index (χ1) is 14.7. The molecule has 2 unspecified atom stereocenters. The molecule has 0 saturated carbocycles. The van der Waals surface area contributed by atoms with E-state index in [1.165, 1.54) is 18.9 Å². The van der Waals surface area contributed by atoms with Crippen LogP contribution in [0.3, 0.4) is 0 Å². The molecule has 5 rings (SSSR count). The Balaban J connectivity index is 1.18. The van der Waals surface area contributed by atoms with Gasteiger partial charge >= 0.3 is 5.69 Å². The van der Waals surface area contributed by atoms with Gasteiger partial charge in [0.05, 0.1) is 0 Å². The minimum atomic E-state index is -0.156. The Kier molecular flexibility index (Phi) is 5.25. The molecule has 6 heteroatoms. The Bertz CT molecular complexity index is 1100. The van der Waals surface area contributed by atoms with Gasteiger partial charge in [0.1, 0.15) is 5.82 Å². The van der Waals surface area contributed by atoms with E-state index in [1.54, 1.807) is 21.3 Å². The number of aryl methyl sites for hydroxylation is 1. The minimum absolute atomic E-state index is 0.0643. The van der Waals surface area contributed by atoms with E-state index in [-0.39, 0.29) is 11.5 Å². The highest BCUT2D eigenvalue weighted by Gasteiger charge is 2.39. The van der Waals surface area contributed by atoms with Crippen molar-refractivity contribution in [1.82, 2.24) is 19.1 Å². The van der Waals surface area contributed by atoms with Gasteiger partial charge in [0.25, 0.3) is 0 Å². The molecule has 1 aromatic carbocycles. The first-order valence-corrected chi connectivity index (χ1v) is 10.9. The van der Waals surface area contributed by atoms with Gasteiger partial charge in [-0.2, -0.15) is 0 Å². The molecule has 3 aromatic rings. The molecule has 2 fully saturated rings. The first kappa shape index (κ1) is 19.2. The predicted molar refractivity (Wildman–Crippen MR) is 116 cm³/mol. The molecule has 30 heavy (non-hydrogen) atoms. The summed E-state index contributed by atoms with van der Waals surface area (Å²) in [7, 11) is 0. The first-order valence-electron chi connectivity index (χ1n) is 10.9. The van der Waals surface area contributed by atoms with Crippen molar-refractivity contribution in [1.29, 1.82) is 0 Å². The fourth-order valence-corrected chi connectivity index (χ4v) is 5.21. The molecule has 0 aliphatic carbocycles. The van der Waals surface area contributed by atoms with Crippen LogP contribution in [0.4, 0.5) is 4.39 Å². The van der Waals surface area contributed by atoms with E-state index in [4.69, 9.17) is 0 Å². The van der Waals surface area contributed by atoms with Crippen molar-refractivity contribution in [3.63, 3.8) is 0 Å². The summed E-state index contributed by atoms with van der Waals surface area (Å²) in [6.45, 7) is 1.65. The average molecular weight is 407 g/mol. The largest absolute Gasteiger partial charge is 0.350 e. The molecular weight excluding hydrogens is 379 g/mol. The van der Waals surface area contributed by atoms with Crippen molar-refractivity contribution in [3.8, 4) is 0 Å². The molecule has 2 aromatic heterocycles. The number of pyridine rings is 1. The lowest BCUT2D eigenvalue weighted by Gasteiger charge is -2.38. The Hall–Kier alpha value is -2.73. The average Bonchev–Trinajstić information content (AvgIpc) is 3.19. The van der Waals surface area contributed by atoms with Crippen LogP contribution >= 0.6 is 0 Å². The van der Waals surface area contributed by atoms with Crippen molar-refractivity contribution in [2.24, 2.45) is 5.92 Å². The van der Waals surface area contributed by atoms with Crippen LogP contribution in [-0.4, -0.2) is 37.7 Å². The third kappa shape index (κ3) is 3.72.